The maximum Gasteiger partial charge on any atom is 0.254 e. The number of hydrogen-bond donors (Lipinski definition) is 2. The van der Waals surface area contributed by atoms with Gasteiger partial charge in [0.2, 0.25) is 11.7 Å². The highest BCUT2D eigenvalue weighted by molar-refractivity contribution is 6.06. The standard InChI is InChI=1S/C25H20F2N6O3/c26-16-5-6-33-19(10-28-23(33)22(16)27)14-1-2-17(21-15(14)9-29-24(21)34)30-20-4-3-18-25(31-20)36-12-13-11-35-8-7-32(13)18/h1-6,10,13H,7-9,11-12H2,(H,29,34)(H,30,31)/t13-/m1/s1. The van der Waals surface area contributed by atoms with E-state index in [1.807, 2.05) is 18.2 Å². The number of hydrogen-bond acceptors (Lipinski definition) is 7. The van der Waals surface area contributed by atoms with E-state index in [1.165, 1.54) is 16.8 Å². The smallest absolute Gasteiger partial charge is 0.254 e. The van der Waals surface area contributed by atoms with Crippen molar-refractivity contribution in [3.63, 3.8) is 0 Å². The molecule has 9 nitrogen and oxygen atoms in total. The monoisotopic (exact) mass is 490 g/mol. The molecule has 1 amide bonds. The Morgan fingerprint density at radius 3 is 2.97 bits per heavy atom. The fourth-order valence-corrected chi connectivity index (χ4v) is 5.14. The highest BCUT2D eigenvalue weighted by atomic mass is 19.2. The normalized spacial score (nSPS) is 18.3. The van der Waals surface area contributed by atoms with Crippen molar-refractivity contribution in [2.24, 2.45) is 0 Å². The number of amides is 1. The molecule has 0 unspecified atom stereocenters. The minimum Gasteiger partial charge on any atom is -0.474 e. The third kappa shape index (κ3) is 3.12. The molecule has 0 radical (unpaired) electrons. The van der Waals surface area contributed by atoms with Crippen LogP contribution in [0.4, 0.5) is 26.0 Å². The molecular formula is C25H20F2N6O3. The second kappa shape index (κ2) is 7.89. The number of ether oxygens (including phenoxy) is 2. The molecule has 3 aliphatic heterocycles. The zero-order valence-electron chi connectivity index (χ0n) is 18.9. The Morgan fingerprint density at radius 1 is 1.14 bits per heavy atom. The summed E-state index contributed by atoms with van der Waals surface area (Å²) in [6.45, 7) is 2.87. The molecule has 36 heavy (non-hydrogen) atoms. The van der Waals surface area contributed by atoms with Gasteiger partial charge in [-0.2, -0.15) is 9.37 Å². The number of pyridine rings is 2. The molecule has 11 heteroatoms. The SMILES string of the molecule is O=C1NCc2c(-c3cnc4c(F)c(F)ccn34)ccc(Nc3ccc4c(n3)OC[C@H]3COCCN43)c21. The summed E-state index contributed by atoms with van der Waals surface area (Å²) in [6, 6.07) is 8.65. The number of carbonyl (C=O) groups excluding carboxylic acids is 1. The molecule has 1 fully saturated rings. The first-order valence-corrected chi connectivity index (χ1v) is 11.6. The Labute approximate surface area is 203 Å². The number of aromatic nitrogens is 3. The Kier molecular flexibility index (Phi) is 4.61. The van der Waals surface area contributed by atoms with Crippen molar-refractivity contribution in [3.8, 4) is 17.1 Å². The first kappa shape index (κ1) is 21.1. The van der Waals surface area contributed by atoms with Crippen molar-refractivity contribution in [2.75, 3.05) is 36.6 Å². The van der Waals surface area contributed by atoms with Crippen molar-refractivity contribution in [1.82, 2.24) is 19.7 Å². The number of imidazole rings is 1. The molecule has 3 aliphatic rings. The molecular weight excluding hydrogens is 470 g/mol. The van der Waals surface area contributed by atoms with Crippen LogP contribution in [-0.2, 0) is 11.3 Å². The quantitative estimate of drug-likeness (QED) is 0.456. The second-order valence-corrected chi connectivity index (χ2v) is 8.89. The largest absolute Gasteiger partial charge is 0.474 e. The Bertz CT molecular complexity index is 1550. The van der Waals surface area contributed by atoms with Crippen LogP contribution in [0.25, 0.3) is 16.9 Å². The summed E-state index contributed by atoms with van der Waals surface area (Å²) in [7, 11) is 0. The van der Waals surface area contributed by atoms with E-state index in [0.29, 0.717) is 60.6 Å². The topological polar surface area (TPSA) is 93.0 Å². The minimum atomic E-state index is -1.02. The minimum absolute atomic E-state index is 0.112. The van der Waals surface area contributed by atoms with Crippen LogP contribution in [0, 0.1) is 11.6 Å². The third-order valence-electron chi connectivity index (χ3n) is 6.87. The number of nitrogens with zero attached hydrogens (tertiary/aromatic N) is 4. The first-order valence-electron chi connectivity index (χ1n) is 11.6. The number of fused-ring (bicyclic) bond motifs is 5. The van der Waals surface area contributed by atoms with Gasteiger partial charge in [0.05, 0.1) is 42.4 Å². The molecule has 0 bridgehead atoms. The molecule has 1 saturated heterocycles. The highest BCUT2D eigenvalue weighted by Crippen LogP contribution is 2.38. The maximum atomic E-state index is 14.2. The predicted octanol–water partition coefficient (Wildman–Crippen LogP) is 3.26. The van der Waals surface area contributed by atoms with Crippen LogP contribution in [-0.4, -0.2) is 52.7 Å². The van der Waals surface area contributed by atoms with E-state index in [1.54, 1.807) is 6.07 Å². The molecule has 182 valence electrons. The average Bonchev–Trinajstić information content (AvgIpc) is 3.51. The van der Waals surface area contributed by atoms with E-state index in [4.69, 9.17) is 9.47 Å². The van der Waals surface area contributed by atoms with Gasteiger partial charge in [-0.3, -0.25) is 9.20 Å². The lowest BCUT2D eigenvalue weighted by Crippen LogP contribution is -2.51. The van der Waals surface area contributed by atoms with Crippen LogP contribution in [0.1, 0.15) is 15.9 Å². The predicted molar refractivity (Wildman–Crippen MR) is 127 cm³/mol. The Hall–Kier alpha value is -4.25. The summed E-state index contributed by atoms with van der Waals surface area (Å²) in [5.41, 5.74) is 3.87. The lowest BCUT2D eigenvalue weighted by atomic mass is 9.99. The van der Waals surface area contributed by atoms with Crippen molar-refractivity contribution in [1.29, 1.82) is 0 Å². The van der Waals surface area contributed by atoms with Gasteiger partial charge >= 0.3 is 0 Å². The molecule has 1 aromatic carbocycles. The van der Waals surface area contributed by atoms with E-state index in [2.05, 4.69) is 25.5 Å². The average molecular weight is 490 g/mol. The van der Waals surface area contributed by atoms with Gasteiger partial charge in [0.15, 0.2) is 11.5 Å². The number of nitrogens with one attached hydrogen (secondary N) is 2. The Balaban J connectivity index is 1.26. The summed E-state index contributed by atoms with van der Waals surface area (Å²) < 4.78 is 40.8. The molecule has 4 aromatic rings. The number of carbonyl (C=O) groups is 1. The lowest BCUT2D eigenvalue weighted by Gasteiger charge is -2.40. The molecule has 1 atom stereocenters. The number of anilines is 3. The van der Waals surface area contributed by atoms with Gasteiger partial charge in [-0.15, -0.1) is 0 Å². The van der Waals surface area contributed by atoms with Gasteiger partial charge in [0, 0.05) is 24.8 Å². The molecule has 0 saturated carbocycles. The number of halogens is 2. The van der Waals surface area contributed by atoms with Crippen LogP contribution >= 0.6 is 0 Å². The van der Waals surface area contributed by atoms with E-state index < -0.39 is 11.6 Å². The molecule has 0 spiro atoms. The summed E-state index contributed by atoms with van der Waals surface area (Å²) in [5, 5.41) is 6.11. The van der Waals surface area contributed by atoms with E-state index in [9.17, 15) is 13.6 Å². The second-order valence-electron chi connectivity index (χ2n) is 8.89. The Morgan fingerprint density at radius 2 is 2.06 bits per heavy atom. The molecule has 0 aliphatic carbocycles. The van der Waals surface area contributed by atoms with Gasteiger partial charge < -0.3 is 25.0 Å². The number of morpholine rings is 1. The zero-order chi connectivity index (χ0) is 24.4. The van der Waals surface area contributed by atoms with Gasteiger partial charge in [0.25, 0.3) is 5.91 Å². The highest BCUT2D eigenvalue weighted by Gasteiger charge is 2.32. The maximum absolute atomic E-state index is 14.2. The fourth-order valence-electron chi connectivity index (χ4n) is 5.14. The van der Waals surface area contributed by atoms with E-state index in [0.717, 1.165) is 23.9 Å². The summed E-state index contributed by atoms with van der Waals surface area (Å²) in [4.78, 5) is 23.8. The van der Waals surface area contributed by atoms with Crippen LogP contribution in [0.5, 0.6) is 5.88 Å². The molecule has 3 aromatic heterocycles. The zero-order valence-corrected chi connectivity index (χ0v) is 18.9. The van der Waals surface area contributed by atoms with Crippen LogP contribution in [0.15, 0.2) is 42.7 Å². The van der Waals surface area contributed by atoms with Crippen molar-refractivity contribution in [3.05, 3.63) is 65.5 Å². The van der Waals surface area contributed by atoms with Crippen LogP contribution < -0.4 is 20.3 Å². The van der Waals surface area contributed by atoms with Gasteiger partial charge in [-0.05, 0) is 29.8 Å². The summed E-state index contributed by atoms with van der Waals surface area (Å²) in [5.74, 6) is -1.13. The van der Waals surface area contributed by atoms with Crippen molar-refractivity contribution in [2.45, 2.75) is 12.6 Å². The first-order chi connectivity index (χ1) is 17.6. The van der Waals surface area contributed by atoms with Gasteiger partial charge in [-0.25, -0.2) is 9.37 Å². The van der Waals surface area contributed by atoms with Crippen LogP contribution in [0.2, 0.25) is 0 Å². The molecule has 2 N–H and O–H groups in total. The summed E-state index contributed by atoms with van der Waals surface area (Å²) >= 11 is 0. The summed E-state index contributed by atoms with van der Waals surface area (Å²) in [6.07, 6.45) is 2.90. The fraction of sp³-hybridized carbons (Fsp3) is 0.240. The molecule has 6 heterocycles. The van der Waals surface area contributed by atoms with E-state index in [-0.39, 0.29) is 17.6 Å². The van der Waals surface area contributed by atoms with Crippen molar-refractivity contribution >= 4 is 28.7 Å². The lowest BCUT2D eigenvalue weighted by molar-refractivity contribution is 0.0693. The van der Waals surface area contributed by atoms with Gasteiger partial charge in [0.1, 0.15) is 18.1 Å². The molecule has 7 rings (SSSR count). The van der Waals surface area contributed by atoms with Gasteiger partial charge in [-0.1, -0.05) is 6.07 Å². The van der Waals surface area contributed by atoms with E-state index >= 15 is 0 Å². The number of benzene rings is 1. The van der Waals surface area contributed by atoms with Crippen molar-refractivity contribution < 1.29 is 23.0 Å². The third-order valence-corrected chi connectivity index (χ3v) is 6.87. The van der Waals surface area contributed by atoms with Crippen LogP contribution in [0.3, 0.4) is 0 Å². The number of rotatable bonds is 3.